The molecule has 0 saturated heterocycles. The van der Waals surface area contributed by atoms with Gasteiger partial charge in [0, 0.05) is 0 Å². The van der Waals surface area contributed by atoms with Gasteiger partial charge in [0.2, 0.25) is 0 Å². The first-order valence-electron chi connectivity index (χ1n) is 8.89. The monoisotopic (exact) mass is 378 g/mol. The van der Waals surface area contributed by atoms with Crippen LogP contribution in [0.25, 0.3) is 0 Å². The van der Waals surface area contributed by atoms with Gasteiger partial charge >= 0.3 is 12.1 Å². The van der Waals surface area contributed by atoms with Crippen molar-refractivity contribution in [2.75, 3.05) is 0 Å². The zero-order chi connectivity index (χ0) is 20.7. The number of hydrogen-bond acceptors (Lipinski definition) is 5. The fourth-order valence-electron chi connectivity index (χ4n) is 2.32. The molecule has 150 valence electrons. The molecular formula is C19H30N4O4. The molecule has 0 aromatic heterocycles. The zero-order valence-electron chi connectivity index (χ0n) is 16.7. The van der Waals surface area contributed by atoms with Crippen LogP contribution in [0.15, 0.2) is 29.3 Å². The Hall–Kier alpha value is -2.77. The Labute approximate surface area is 160 Å². The molecule has 0 fully saturated rings. The summed E-state index contributed by atoms with van der Waals surface area (Å²) in [6.45, 7) is 9.22. The van der Waals surface area contributed by atoms with E-state index in [1.54, 1.807) is 58.9 Å². The fraction of sp³-hybridized carbons (Fsp3) is 0.526. The van der Waals surface area contributed by atoms with Crippen LogP contribution in [-0.4, -0.2) is 29.2 Å². The van der Waals surface area contributed by atoms with Crippen molar-refractivity contribution in [2.24, 2.45) is 16.5 Å². The van der Waals surface area contributed by atoms with E-state index in [2.05, 4.69) is 10.3 Å². The maximum atomic E-state index is 12.8. The summed E-state index contributed by atoms with van der Waals surface area (Å²) >= 11 is 0. The van der Waals surface area contributed by atoms with Gasteiger partial charge in [-0.2, -0.15) is 0 Å². The van der Waals surface area contributed by atoms with Crippen molar-refractivity contribution in [1.82, 2.24) is 5.32 Å². The van der Waals surface area contributed by atoms with Gasteiger partial charge in [0.25, 0.3) is 0 Å². The molecule has 0 aliphatic rings. The van der Waals surface area contributed by atoms with Crippen LogP contribution in [-0.2, 0) is 16.1 Å². The number of ether oxygens (including phenoxy) is 2. The Bertz CT molecular complexity index is 670. The lowest BCUT2D eigenvalue weighted by Gasteiger charge is -2.31. The molecule has 0 aliphatic heterocycles. The molecule has 1 aromatic rings. The van der Waals surface area contributed by atoms with Crippen molar-refractivity contribution >= 4 is 18.0 Å². The second-order valence-electron chi connectivity index (χ2n) is 7.19. The molecule has 0 atom stereocenters. The van der Waals surface area contributed by atoms with Crippen LogP contribution in [0.5, 0.6) is 5.75 Å². The molecule has 0 spiro atoms. The highest BCUT2D eigenvalue weighted by Gasteiger charge is 2.39. The predicted molar refractivity (Wildman–Crippen MR) is 104 cm³/mol. The normalized spacial score (nSPS) is 11.4. The zero-order valence-corrected chi connectivity index (χ0v) is 16.7. The standard InChI is InChI=1S/C19H30N4O4/c1-6-19(7-2,23-17(25)27-18(3,4)5)15(24)26-14-10-8-13(9-11-14)12-22-16(20)21/h8-11H,6-7,12H2,1-5H3,(H,23,25)(H4,20,21,22). The molecule has 1 amide bonds. The topological polar surface area (TPSA) is 129 Å². The highest BCUT2D eigenvalue weighted by Crippen LogP contribution is 2.22. The number of nitrogens with two attached hydrogens (primary N) is 2. The van der Waals surface area contributed by atoms with Crippen LogP contribution in [0.2, 0.25) is 0 Å². The van der Waals surface area contributed by atoms with Gasteiger partial charge in [-0.1, -0.05) is 26.0 Å². The van der Waals surface area contributed by atoms with Crippen molar-refractivity contribution in [3.8, 4) is 5.75 Å². The van der Waals surface area contributed by atoms with Gasteiger partial charge < -0.3 is 26.3 Å². The lowest BCUT2D eigenvalue weighted by molar-refractivity contribution is -0.142. The second-order valence-corrected chi connectivity index (χ2v) is 7.19. The largest absolute Gasteiger partial charge is 0.444 e. The molecule has 5 N–H and O–H groups in total. The minimum Gasteiger partial charge on any atom is -0.444 e. The third-order valence-corrected chi connectivity index (χ3v) is 3.92. The maximum Gasteiger partial charge on any atom is 0.408 e. The van der Waals surface area contributed by atoms with E-state index < -0.39 is 23.2 Å². The van der Waals surface area contributed by atoms with Gasteiger partial charge in [0.15, 0.2) is 5.96 Å². The lowest BCUT2D eigenvalue weighted by atomic mass is 9.93. The molecular weight excluding hydrogens is 348 g/mol. The number of nitrogens with zero attached hydrogens (tertiary/aromatic N) is 1. The van der Waals surface area contributed by atoms with Gasteiger partial charge in [-0.05, 0) is 51.3 Å². The molecule has 0 bridgehead atoms. The van der Waals surface area contributed by atoms with Gasteiger partial charge in [-0.3, -0.25) is 0 Å². The van der Waals surface area contributed by atoms with Gasteiger partial charge in [-0.25, -0.2) is 14.6 Å². The van der Waals surface area contributed by atoms with E-state index in [1.165, 1.54) is 0 Å². The molecule has 27 heavy (non-hydrogen) atoms. The first kappa shape index (κ1) is 22.3. The number of hydrogen-bond donors (Lipinski definition) is 3. The number of nitrogens with one attached hydrogen (secondary N) is 1. The third-order valence-electron chi connectivity index (χ3n) is 3.92. The second kappa shape index (κ2) is 9.25. The summed E-state index contributed by atoms with van der Waals surface area (Å²) in [6.07, 6.45) is 0.0737. The average molecular weight is 378 g/mol. The molecule has 0 heterocycles. The number of esters is 1. The Morgan fingerprint density at radius 3 is 2.07 bits per heavy atom. The molecule has 8 heteroatoms. The van der Waals surface area contributed by atoms with Crippen molar-refractivity contribution in [2.45, 2.75) is 65.1 Å². The van der Waals surface area contributed by atoms with E-state index >= 15 is 0 Å². The lowest BCUT2D eigenvalue weighted by Crippen LogP contribution is -2.56. The number of aliphatic imine (C=N–C) groups is 1. The summed E-state index contributed by atoms with van der Waals surface area (Å²) in [5, 5.41) is 2.67. The van der Waals surface area contributed by atoms with Crippen molar-refractivity contribution in [3.05, 3.63) is 29.8 Å². The highest BCUT2D eigenvalue weighted by molar-refractivity contribution is 5.87. The van der Waals surface area contributed by atoms with Gasteiger partial charge in [0.05, 0.1) is 6.54 Å². The molecule has 8 nitrogen and oxygen atoms in total. The van der Waals surface area contributed by atoms with Crippen LogP contribution in [0.4, 0.5) is 4.79 Å². The highest BCUT2D eigenvalue weighted by atomic mass is 16.6. The van der Waals surface area contributed by atoms with Crippen LogP contribution in [0.1, 0.15) is 53.0 Å². The number of amides is 1. The van der Waals surface area contributed by atoms with Gasteiger partial charge in [0.1, 0.15) is 16.9 Å². The Morgan fingerprint density at radius 1 is 1.07 bits per heavy atom. The summed E-state index contributed by atoms with van der Waals surface area (Å²) in [5.41, 5.74) is 9.65. The van der Waals surface area contributed by atoms with Crippen molar-refractivity contribution in [3.63, 3.8) is 0 Å². The van der Waals surface area contributed by atoms with Crippen molar-refractivity contribution < 1.29 is 19.1 Å². The molecule has 1 aromatic carbocycles. The molecule has 0 radical (unpaired) electrons. The van der Waals surface area contributed by atoms with Crippen LogP contribution in [0.3, 0.4) is 0 Å². The minimum absolute atomic E-state index is 0.00870. The number of benzene rings is 1. The van der Waals surface area contributed by atoms with Crippen molar-refractivity contribution in [1.29, 1.82) is 0 Å². The summed E-state index contributed by atoms with van der Waals surface area (Å²) < 4.78 is 10.7. The van der Waals surface area contributed by atoms with E-state index in [-0.39, 0.29) is 5.96 Å². The smallest absolute Gasteiger partial charge is 0.408 e. The van der Waals surface area contributed by atoms with E-state index in [0.29, 0.717) is 25.1 Å². The van der Waals surface area contributed by atoms with Crippen LogP contribution >= 0.6 is 0 Å². The summed E-state index contributed by atoms with van der Waals surface area (Å²) in [4.78, 5) is 28.8. The number of guanidine groups is 1. The third kappa shape index (κ3) is 7.16. The molecule has 0 unspecified atom stereocenters. The van der Waals surface area contributed by atoms with E-state index in [1.807, 2.05) is 0 Å². The molecule has 0 aliphatic carbocycles. The Balaban J connectivity index is 2.85. The first-order valence-corrected chi connectivity index (χ1v) is 8.89. The Kier molecular flexibility index (Phi) is 7.63. The number of rotatable bonds is 7. The fourth-order valence-corrected chi connectivity index (χ4v) is 2.32. The van der Waals surface area contributed by atoms with E-state index in [4.69, 9.17) is 20.9 Å². The van der Waals surface area contributed by atoms with E-state index in [9.17, 15) is 9.59 Å². The number of carbonyl (C=O) groups excluding carboxylic acids is 2. The summed E-state index contributed by atoms with van der Waals surface area (Å²) in [5.74, 6) is -0.171. The minimum atomic E-state index is -1.17. The summed E-state index contributed by atoms with van der Waals surface area (Å²) in [7, 11) is 0. The number of carbonyl (C=O) groups is 2. The SMILES string of the molecule is CCC(CC)(NC(=O)OC(C)(C)C)C(=O)Oc1ccc(CN=C(N)N)cc1. The van der Waals surface area contributed by atoms with E-state index in [0.717, 1.165) is 5.56 Å². The van der Waals surface area contributed by atoms with Crippen LogP contribution in [0, 0.1) is 0 Å². The summed E-state index contributed by atoms with van der Waals surface area (Å²) in [6, 6.07) is 6.82. The first-order chi connectivity index (χ1) is 12.5. The van der Waals surface area contributed by atoms with Crippen LogP contribution < -0.4 is 21.5 Å². The Morgan fingerprint density at radius 2 is 1.63 bits per heavy atom. The number of alkyl carbamates (subject to hydrolysis) is 1. The molecule has 0 saturated carbocycles. The molecule has 1 rings (SSSR count). The van der Waals surface area contributed by atoms with Gasteiger partial charge in [-0.15, -0.1) is 0 Å². The predicted octanol–water partition coefficient (Wildman–Crippen LogP) is 2.45. The quantitative estimate of drug-likeness (QED) is 0.289. The average Bonchev–Trinajstić information content (AvgIpc) is 2.57. The maximum absolute atomic E-state index is 12.8.